The molecule has 1 aliphatic heterocycles. The largest absolute Gasteiger partial charge is 0.465 e. The Morgan fingerprint density at radius 2 is 2.28 bits per heavy atom. The van der Waals surface area contributed by atoms with Gasteiger partial charge in [0.05, 0.1) is 24.9 Å². The molecule has 1 amide bonds. The molecule has 96 valence electrons. The molecule has 2 aliphatic rings. The maximum atomic E-state index is 11.0. The van der Waals surface area contributed by atoms with Crippen molar-refractivity contribution in [2.45, 2.75) is 31.4 Å². The minimum atomic E-state index is -0.942. The lowest BCUT2D eigenvalue weighted by molar-refractivity contribution is 0.0402. The van der Waals surface area contributed by atoms with Crippen molar-refractivity contribution in [3.63, 3.8) is 0 Å². The number of hydrogen-bond donors (Lipinski definition) is 1. The van der Waals surface area contributed by atoms with E-state index >= 15 is 0 Å². The zero-order valence-electron chi connectivity index (χ0n) is 10.3. The highest BCUT2D eigenvalue weighted by atomic mass is 16.5. The second kappa shape index (κ2) is 4.24. The third-order valence-corrected chi connectivity index (χ3v) is 3.67. The van der Waals surface area contributed by atoms with Gasteiger partial charge in [-0.25, -0.2) is 4.79 Å². The second-order valence-corrected chi connectivity index (χ2v) is 4.97. The normalized spacial score (nSPS) is 22.4. The average molecular weight is 248 g/mol. The molecule has 1 saturated carbocycles. The van der Waals surface area contributed by atoms with Crippen molar-refractivity contribution in [1.82, 2.24) is 9.88 Å². The van der Waals surface area contributed by atoms with Crippen LogP contribution in [0.4, 0.5) is 4.79 Å². The van der Waals surface area contributed by atoms with Gasteiger partial charge in [-0.2, -0.15) is 0 Å². The summed E-state index contributed by atoms with van der Waals surface area (Å²) in [7, 11) is 1.57. The van der Waals surface area contributed by atoms with Gasteiger partial charge < -0.3 is 14.7 Å². The summed E-state index contributed by atoms with van der Waals surface area (Å²) in [5.41, 5.74) is 3.00. The first-order valence-corrected chi connectivity index (χ1v) is 6.20. The lowest BCUT2D eigenvalue weighted by Crippen LogP contribution is -2.35. The average Bonchev–Trinajstić information content (AvgIpc) is 3.20. The van der Waals surface area contributed by atoms with Crippen LogP contribution in [0.15, 0.2) is 12.1 Å². The monoisotopic (exact) mass is 248 g/mol. The SMILES string of the molecule is CN(C(=O)O)C1COCc2nc(C3CC3)ccc21. The first-order valence-electron chi connectivity index (χ1n) is 6.20. The molecule has 3 rings (SSSR count). The van der Waals surface area contributed by atoms with E-state index in [1.807, 2.05) is 12.1 Å². The number of carbonyl (C=O) groups is 1. The van der Waals surface area contributed by atoms with Crippen molar-refractivity contribution in [2.75, 3.05) is 13.7 Å². The number of likely N-dealkylation sites (N-methyl/N-ethyl adjacent to an activating group) is 1. The van der Waals surface area contributed by atoms with E-state index in [0.717, 1.165) is 17.0 Å². The van der Waals surface area contributed by atoms with E-state index in [1.165, 1.54) is 17.7 Å². The fourth-order valence-corrected chi connectivity index (χ4v) is 2.37. The molecule has 1 aromatic rings. The number of hydrogen-bond acceptors (Lipinski definition) is 3. The van der Waals surface area contributed by atoms with Crippen LogP contribution in [-0.2, 0) is 11.3 Å². The quantitative estimate of drug-likeness (QED) is 0.871. The van der Waals surface area contributed by atoms with E-state index < -0.39 is 6.09 Å². The number of ether oxygens (including phenoxy) is 1. The van der Waals surface area contributed by atoms with E-state index in [9.17, 15) is 4.79 Å². The highest BCUT2D eigenvalue weighted by Crippen LogP contribution is 2.40. The fraction of sp³-hybridized carbons (Fsp3) is 0.538. The van der Waals surface area contributed by atoms with Crippen molar-refractivity contribution in [3.05, 3.63) is 29.1 Å². The molecule has 2 heterocycles. The molecule has 5 heteroatoms. The van der Waals surface area contributed by atoms with Crippen LogP contribution in [0.25, 0.3) is 0 Å². The minimum Gasteiger partial charge on any atom is -0.465 e. The first-order chi connectivity index (χ1) is 8.66. The maximum Gasteiger partial charge on any atom is 0.407 e. The van der Waals surface area contributed by atoms with Gasteiger partial charge in [0.2, 0.25) is 0 Å². The van der Waals surface area contributed by atoms with Crippen molar-refractivity contribution in [3.8, 4) is 0 Å². The van der Waals surface area contributed by atoms with E-state index in [0.29, 0.717) is 19.1 Å². The van der Waals surface area contributed by atoms with Crippen LogP contribution in [0.3, 0.4) is 0 Å². The summed E-state index contributed by atoms with van der Waals surface area (Å²) in [6, 6.07) is 3.81. The molecular weight excluding hydrogens is 232 g/mol. The molecule has 1 aliphatic carbocycles. The number of aromatic nitrogens is 1. The summed E-state index contributed by atoms with van der Waals surface area (Å²) in [6.07, 6.45) is 1.48. The van der Waals surface area contributed by atoms with Crippen molar-refractivity contribution in [2.24, 2.45) is 0 Å². The number of nitrogens with zero attached hydrogens (tertiary/aromatic N) is 2. The number of fused-ring (bicyclic) bond motifs is 1. The van der Waals surface area contributed by atoms with Crippen molar-refractivity contribution < 1.29 is 14.6 Å². The predicted octanol–water partition coefficient (Wildman–Crippen LogP) is 2.14. The van der Waals surface area contributed by atoms with Gasteiger partial charge in [0.15, 0.2) is 0 Å². The topological polar surface area (TPSA) is 62.7 Å². The Hall–Kier alpha value is -1.62. The molecule has 1 N–H and O–H groups in total. The number of amides is 1. The molecule has 0 radical (unpaired) electrons. The van der Waals surface area contributed by atoms with Crippen molar-refractivity contribution >= 4 is 6.09 Å². The molecule has 18 heavy (non-hydrogen) atoms. The Labute approximate surface area is 105 Å². The first kappa shape index (κ1) is 11.5. The summed E-state index contributed by atoms with van der Waals surface area (Å²) in [5.74, 6) is 0.605. The van der Waals surface area contributed by atoms with Gasteiger partial charge >= 0.3 is 6.09 Å². The fourth-order valence-electron chi connectivity index (χ4n) is 2.37. The third-order valence-electron chi connectivity index (χ3n) is 3.67. The van der Waals surface area contributed by atoms with E-state index in [2.05, 4.69) is 4.98 Å². The van der Waals surface area contributed by atoms with Gasteiger partial charge in [-0.15, -0.1) is 0 Å². The molecule has 5 nitrogen and oxygen atoms in total. The maximum absolute atomic E-state index is 11.0. The third kappa shape index (κ3) is 1.95. The van der Waals surface area contributed by atoms with Crippen LogP contribution in [0, 0.1) is 0 Å². The molecule has 1 fully saturated rings. The summed E-state index contributed by atoms with van der Waals surface area (Å²) < 4.78 is 5.47. The lowest BCUT2D eigenvalue weighted by atomic mass is 10.0. The Kier molecular flexibility index (Phi) is 2.70. The van der Waals surface area contributed by atoms with Crippen LogP contribution in [-0.4, -0.2) is 34.7 Å². The van der Waals surface area contributed by atoms with Gasteiger partial charge in [-0.3, -0.25) is 4.98 Å². The van der Waals surface area contributed by atoms with Gasteiger partial charge in [0, 0.05) is 24.2 Å². The van der Waals surface area contributed by atoms with Crippen LogP contribution in [0.5, 0.6) is 0 Å². The number of carboxylic acid groups (broad SMARTS) is 1. The highest BCUT2D eigenvalue weighted by Gasteiger charge is 2.30. The number of pyridine rings is 1. The van der Waals surface area contributed by atoms with Gasteiger partial charge in [-0.1, -0.05) is 6.07 Å². The number of rotatable bonds is 2. The molecule has 1 atom stereocenters. The van der Waals surface area contributed by atoms with Crippen LogP contribution in [0.2, 0.25) is 0 Å². The van der Waals surface area contributed by atoms with Crippen LogP contribution >= 0.6 is 0 Å². The van der Waals surface area contributed by atoms with E-state index in [4.69, 9.17) is 9.84 Å². The van der Waals surface area contributed by atoms with E-state index in [-0.39, 0.29) is 6.04 Å². The highest BCUT2D eigenvalue weighted by molar-refractivity contribution is 5.65. The van der Waals surface area contributed by atoms with E-state index in [1.54, 1.807) is 7.05 Å². The second-order valence-electron chi connectivity index (χ2n) is 4.97. The summed E-state index contributed by atoms with van der Waals surface area (Å²) >= 11 is 0. The molecule has 0 bridgehead atoms. The van der Waals surface area contributed by atoms with Crippen LogP contribution in [0.1, 0.15) is 41.8 Å². The molecule has 1 unspecified atom stereocenters. The Bertz CT molecular complexity index is 485. The minimum absolute atomic E-state index is 0.244. The molecular formula is C13H16N2O3. The van der Waals surface area contributed by atoms with Gasteiger partial charge in [0.1, 0.15) is 0 Å². The van der Waals surface area contributed by atoms with Crippen molar-refractivity contribution in [1.29, 1.82) is 0 Å². The summed E-state index contributed by atoms with van der Waals surface area (Å²) in [4.78, 5) is 17.0. The summed E-state index contributed by atoms with van der Waals surface area (Å²) in [5, 5.41) is 9.06. The molecule has 0 saturated heterocycles. The van der Waals surface area contributed by atoms with Crippen LogP contribution < -0.4 is 0 Å². The molecule has 0 spiro atoms. The Morgan fingerprint density at radius 3 is 2.94 bits per heavy atom. The Morgan fingerprint density at radius 1 is 1.50 bits per heavy atom. The molecule has 1 aromatic heterocycles. The Balaban J connectivity index is 1.93. The standard InChI is InChI=1S/C13H16N2O3/c1-15(13(16)17)12-7-18-6-11-9(12)4-5-10(14-11)8-2-3-8/h4-5,8,12H,2-3,6-7H2,1H3,(H,16,17). The molecule has 0 aromatic carbocycles. The van der Waals surface area contributed by atoms with Gasteiger partial charge in [-0.05, 0) is 18.9 Å². The summed E-state index contributed by atoms with van der Waals surface area (Å²) in [6.45, 7) is 0.889. The zero-order valence-corrected chi connectivity index (χ0v) is 10.3. The lowest BCUT2D eigenvalue weighted by Gasteiger charge is -2.31. The smallest absolute Gasteiger partial charge is 0.407 e. The zero-order chi connectivity index (χ0) is 12.7. The predicted molar refractivity (Wildman–Crippen MR) is 64.4 cm³/mol. The van der Waals surface area contributed by atoms with Gasteiger partial charge in [0.25, 0.3) is 0 Å².